The van der Waals surface area contributed by atoms with Crippen LogP contribution in [0.1, 0.15) is 41.1 Å². The lowest BCUT2D eigenvalue weighted by Crippen LogP contribution is -2.47. The van der Waals surface area contributed by atoms with E-state index in [1.54, 1.807) is 19.2 Å². The van der Waals surface area contributed by atoms with Crippen molar-refractivity contribution in [2.24, 2.45) is 16.8 Å². The number of likely N-dealkylation sites (tertiary alicyclic amines) is 1. The van der Waals surface area contributed by atoms with Crippen LogP contribution >= 0.6 is 0 Å². The minimum atomic E-state index is -1.07. The van der Waals surface area contributed by atoms with Gasteiger partial charge in [-0.2, -0.15) is 0 Å². The minimum absolute atomic E-state index is 0.0712. The Morgan fingerprint density at radius 2 is 1.47 bits per heavy atom. The van der Waals surface area contributed by atoms with Gasteiger partial charge in [-0.15, -0.1) is 0 Å². The average molecular weight is 573 g/mol. The first-order chi connectivity index (χ1) is 21.0. The van der Waals surface area contributed by atoms with Gasteiger partial charge in [-0.25, -0.2) is 4.79 Å². The highest BCUT2D eigenvalue weighted by atomic mass is 16.5. The van der Waals surface area contributed by atoms with E-state index in [-0.39, 0.29) is 17.3 Å². The molecular weight excluding hydrogens is 536 g/mol. The van der Waals surface area contributed by atoms with Gasteiger partial charge >= 0.3 is 5.97 Å². The number of Topliss-reactive ketones (excluding diaryl/α,β-unsaturated/α-hetero) is 1. The number of carboxylic acids is 1. The van der Waals surface area contributed by atoms with Crippen LogP contribution in [0.5, 0.6) is 5.75 Å². The number of hydrogen-bond donors (Lipinski definition) is 1. The highest BCUT2D eigenvalue weighted by Crippen LogP contribution is 2.52. The van der Waals surface area contributed by atoms with E-state index >= 15 is 0 Å². The minimum Gasteiger partial charge on any atom is -0.496 e. The topological polar surface area (TPSA) is 79.2 Å². The van der Waals surface area contributed by atoms with E-state index in [2.05, 4.69) is 53.4 Å². The van der Waals surface area contributed by atoms with Crippen LogP contribution in [-0.2, 0) is 15.0 Å². The fourth-order valence-electron chi connectivity index (χ4n) is 7.24. The summed E-state index contributed by atoms with van der Waals surface area (Å²) in [6.07, 6.45) is 1.29. The summed E-state index contributed by atoms with van der Waals surface area (Å²) in [7, 11) is 1.61. The van der Waals surface area contributed by atoms with E-state index < -0.39 is 12.0 Å². The fraction of sp³-hybridized carbons (Fsp3) is 0.270. The Hall–Kier alpha value is -4.55. The number of benzene rings is 4. The van der Waals surface area contributed by atoms with Crippen molar-refractivity contribution in [1.82, 2.24) is 4.90 Å². The van der Waals surface area contributed by atoms with Gasteiger partial charge in [-0.05, 0) is 41.2 Å². The van der Waals surface area contributed by atoms with Crippen LogP contribution in [0.25, 0.3) is 0 Å². The zero-order chi connectivity index (χ0) is 29.8. The lowest BCUT2D eigenvalue weighted by atomic mass is 9.56. The quantitative estimate of drug-likeness (QED) is 0.241. The first kappa shape index (κ1) is 28.6. The lowest BCUT2D eigenvalue weighted by molar-refractivity contribution is -0.138. The molecule has 43 heavy (non-hydrogen) atoms. The molecule has 1 saturated carbocycles. The number of carbonyl (C=O) groups excluding carboxylic acids is 1. The molecule has 3 unspecified atom stereocenters. The summed E-state index contributed by atoms with van der Waals surface area (Å²) < 4.78 is 5.70. The maximum Gasteiger partial charge on any atom is 0.333 e. The van der Waals surface area contributed by atoms with Crippen LogP contribution in [-0.4, -0.2) is 54.2 Å². The summed E-state index contributed by atoms with van der Waals surface area (Å²) in [5.74, 6) is -0.136. The molecule has 1 aliphatic carbocycles. The average Bonchev–Trinajstić information content (AvgIpc) is 3.49. The van der Waals surface area contributed by atoms with Crippen LogP contribution in [0.3, 0.4) is 0 Å². The third-order valence-electron chi connectivity index (χ3n) is 9.21. The number of ketones is 1. The molecule has 0 spiro atoms. The fourth-order valence-corrected chi connectivity index (χ4v) is 7.24. The van der Waals surface area contributed by atoms with E-state index in [1.165, 1.54) is 11.1 Å². The molecule has 4 aromatic rings. The van der Waals surface area contributed by atoms with Crippen LogP contribution in [0.15, 0.2) is 120 Å². The van der Waals surface area contributed by atoms with E-state index in [1.807, 2.05) is 54.6 Å². The molecule has 0 amide bonds. The summed E-state index contributed by atoms with van der Waals surface area (Å²) in [6.45, 7) is 1.69. The highest BCUT2D eigenvalue weighted by Gasteiger charge is 2.54. The third kappa shape index (κ3) is 5.51. The number of aliphatic imine (C=N–C) groups is 1. The molecule has 3 atom stereocenters. The molecule has 0 bridgehead atoms. The van der Waals surface area contributed by atoms with Gasteiger partial charge < -0.3 is 9.84 Å². The van der Waals surface area contributed by atoms with Gasteiger partial charge in [0, 0.05) is 43.0 Å². The molecule has 6 nitrogen and oxygen atoms in total. The van der Waals surface area contributed by atoms with Gasteiger partial charge in [0.1, 0.15) is 11.5 Å². The molecular formula is C37H36N2O4. The van der Waals surface area contributed by atoms with Gasteiger partial charge in [0.05, 0.1) is 12.8 Å². The number of para-hydroxylation sites is 1. The Balaban J connectivity index is 1.41. The van der Waals surface area contributed by atoms with E-state index in [0.29, 0.717) is 48.9 Å². The Morgan fingerprint density at radius 3 is 2.07 bits per heavy atom. The SMILES string of the molecule is COc1ccccc1C(CN1CC2C(=O)CCC(c3ccccc3)(c3ccccc3)C2C1)=NC(C(=O)O)c1ccccc1. The van der Waals surface area contributed by atoms with Crippen LogP contribution < -0.4 is 4.74 Å². The second-order valence-corrected chi connectivity index (χ2v) is 11.5. The van der Waals surface area contributed by atoms with Crippen LogP contribution in [0, 0.1) is 11.8 Å². The number of rotatable bonds is 9. The first-order valence-corrected chi connectivity index (χ1v) is 14.8. The Labute approximate surface area is 252 Å². The van der Waals surface area contributed by atoms with Crippen molar-refractivity contribution < 1.29 is 19.4 Å². The third-order valence-corrected chi connectivity index (χ3v) is 9.21. The van der Waals surface area contributed by atoms with E-state index in [9.17, 15) is 14.7 Å². The smallest absolute Gasteiger partial charge is 0.333 e. The maximum atomic E-state index is 13.5. The van der Waals surface area contributed by atoms with Gasteiger partial charge in [-0.3, -0.25) is 14.7 Å². The molecule has 2 aliphatic rings. The number of carbonyl (C=O) groups is 2. The van der Waals surface area contributed by atoms with Crippen molar-refractivity contribution in [3.8, 4) is 5.75 Å². The monoisotopic (exact) mass is 572 g/mol. The van der Waals surface area contributed by atoms with Gasteiger partial charge in [0.15, 0.2) is 6.04 Å². The summed E-state index contributed by atoms with van der Waals surface area (Å²) in [4.78, 5) is 33.2. The van der Waals surface area contributed by atoms with Crippen molar-refractivity contribution in [3.05, 3.63) is 138 Å². The molecule has 1 N–H and O–H groups in total. The summed E-state index contributed by atoms with van der Waals surface area (Å²) in [5.41, 5.74) is 4.17. The number of methoxy groups -OCH3 is 1. The zero-order valence-electron chi connectivity index (χ0n) is 24.3. The van der Waals surface area contributed by atoms with Crippen molar-refractivity contribution >= 4 is 17.5 Å². The Morgan fingerprint density at radius 1 is 0.884 bits per heavy atom. The lowest BCUT2D eigenvalue weighted by Gasteiger charge is -2.46. The summed E-state index contributed by atoms with van der Waals surface area (Å²) in [5, 5.41) is 10.2. The predicted molar refractivity (Wildman–Crippen MR) is 168 cm³/mol. The summed E-state index contributed by atoms with van der Waals surface area (Å²) in [6, 6.07) is 36.8. The standard InChI is InChI=1S/C37H36N2O4/c1-43-34-20-12-11-19-29(34)32(38-35(36(41)42)26-13-5-2-6-14-26)25-39-23-30-31(24-39)37(22-21-33(30)40,27-15-7-3-8-16-27)28-17-9-4-10-18-28/h2-20,30-31,35H,21-25H2,1H3,(H,41,42). The van der Waals surface area contributed by atoms with Gasteiger partial charge in [-0.1, -0.05) is 103 Å². The molecule has 0 aromatic heterocycles. The first-order valence-electron chi connectivity index (χ1n) is 14.8. The maximum absolute atomic E-state index is 13.5. The highest BCUT2D eigenvalue weighted by molar-refractivity contribution is 6.05. The number of fused-ring (bicyclic) bond motifs is 1. The van der Waals surface area contributed by atoms with Crippen molar-refractivity contribution in [1.29, 1.82) is 0 Å². The van der Waals surface area contributed by atoms with Crippen molar-refractivity contribution in [2.45, 2.75) is 24.3 Å². The second-order valence-electron chi connectivity index (χ2n) is 11.5. The van der Waals surface area contributed by atoms with Crippen molar-refractivity contribution in [3.63, 3.8) is 0 Å². The van der Waals surface area contributed by atoms with E-state index in [0.717, 1.165) is 12.0 Å². The summed E-state index contributed by atoms with van der Waals surface area (Å²) >= 11 is 0. The molecule has 1 heterocycles. The van der Waals surface area contributed by atoms with Gasteiger partial charge in [0.2, 0.25) is 0 Å². The Bertz CT molecular complexity index is 1560. The largest absolute Gasteiger partial charge is 0.496 e. The molecule has 0 radical (unpaired) electrons. The number of aliphatic carboxylic acids is 1. The number of nitrogens with zero attached hydrogens (tertiary/aromatic N) is 2. The van der Waals surface area contributed by atoms with Crippen LogP contribution in [0.2, 0.25) is 0 Å². The molecule has 4 aromatic carbocycles. The zero-order valence-corrected chi connectivity index (χ0v) is 24.3. The molecule has 6 heteroatoms. The number of carboxylic acid groups (broad SMARTS) is 1. The molecule has 1 saturated heterocycles. The van der Waals surface area contributed by atoms with Crippen molar-refractivity contribution in [2.75, 3.05) is 26.7 Å². The van der Waals surface area contributed by atoms with E-state index in [4.69, 9.17) is 9.73 Å². The molecule has 6 rings (SSSR count). The normalized spacial score (nSPS) is 20.8. The second kappa shape index (κ2) is 12.4. The molecule has 2 fully saturated rings. The Kier molecular flexibility index (Phi) is 8.21. The molecule has 1 aliphatic heterocycles. The van der Waals surface area contributed by atoms with Crippen LogP contribution in [0.4, 0.5) is 0 Å². The predicted octanol–water partition coefficient (Wildman–Crippen LogP) is 6.21. The molecule has 218 valence electrons. The van der Waals surface area contributed by atoms with Gasteiger partial charge in [0.25, 0.3) is 0 Å². The number of hydrogen-bond acceptors (Lipinski definition) is 5. The number of ether oxygens (including phenoxy) is 1.